The standard InChI is InChI=1S/C12H11N3O2S2/c1-15(11-5-3-2-4-10(11)14)19(16,17)12-7-6-9(8-13)18-12/h2-7H,14H2,1H3. The van der Waals surface area contributed by atoms with Crippen molar-refractivity contribution < 1.29 is 8.42 Å². The smallest absolute Gasteiger partial charge is 0.273 e. The molecule has 19 heavy (non-hydrogen) atoms. The number of nitrogens with zero attached hydrogens (tertiary/aromatic N) is 2. The van der Waals surface area contributed by atoms with Crippen molar-refractivity contribution in [3.63, 3.8) is 0 Å². The zero-order valence-corrected chi connectivity index (χ0v) is 11.7. The highest BCUT2D eigenvalue weighted by molar-refractivity contribution is 7.94. The molecule has 0 fully saturated rings. The topological polar surface area (TPSA) is 87.2 Å². The van der Waals surface area contributed by atoms with Crippen LogP contribution in [0.1, 0.15) is 4.88 Å². The summed E-state index contributed by atoms with van der Waals surface area (Å²) in [6.07, 6.45) is 0. The molecule has 1 heterocycles. The highest BCUT2D eigenvalue weighted by Gasteiger charge is 2.24. The molecule has 0 aliphatic carbocycles. The van der Waals surface area contributed by atoms with Gasteiger partial charge < -0.3 is 5.73 Å². The average molecular weight is 293 g/mol. The lowest BCUT2D eigenvalue weighted by atomic mass is 10.3. The van der Waals surface area contributed by atoms with E-state index in [1.807, 2.05) is 6.07 Å². The van der Waals surface area contributed by atoms with E-state index in [1.165, 1.54) is 19.2 Å². The minimum atomic E-state index is -3.68. The second-order valence-corrected chi connectivity index (χ2v) is 7.04. The highest BCUT2D eigenvalue weighted by Crippen LogP contribution is 2.30. The average Bonchev–Trinajstić information content (AvgIpc) is 2.88. The van der Waals surface area contributed by atoms with Crippen LogP contribution in [-0.4, -0.2) is 15.5 Å². The fourth-order valence-electron chi connectivity index (χ4n) is 1.56. The Balaban J connectivity index is 2.46. The molecule has 1 aromatic heterocycles. The third kappa shape index (κ3) is 2.41. The fourth-order valence-corrected chi connectivity index (χ4v) is 4.05. The van der Waals surface area contributed by atoms with Gasteiger partial charge in [0.15, 0.2) is 0 Å². The molecular formula is C12H11N3O2S2. The molecule has 1 aromatic carbocycles. The lowest BCUT2D eigenvalue weighted by Crippen LogP contribution is -2.26. The van der Waals surface area contributed by atoms with Crippen LogP contribution >= 0.6 is 11.3 Å². The van der Waals surface area contributed by atoms with Crippen LogP contribution in [0.5, 0.6) is 0 Å². The number of nitrogen functional groups attached to an aromatic ring is 1. The second-order valence-electron chi connectivity index (χ2n) is 3.76. The van der Waals surface area contributed by atoms with E-state index in [0.717, 1.165) is 15.6 Å². The summed E-state index contributed by atoms with van der Waals surface area (Å²) in [5.41, 5.74) is 6.56. The van der Waals surface area contributed by atoms with Crippen LogP contribution in [0.3, 0.4) is 0 Å². The van der Waals surface area contributed by atoms with Crippen LogP contribution in [0.4, 0.5) is 11.4 Å². The van der Waals surface area contributed by atoms with E-state index >= 15 is 0 Å². The number of sulfonamides is 1. The largest absolute Gasteiger partial charge is 0.397 e. The number of anilines is 2. The molecule has 2 aromatic rings. The van der Waals surface area contributed by atoms with Gasteiger partial charge in [-0.2, -0.15) is 5.26 Å². The van der Waals surface area contributed by atoms with Crippen LogP contribution in [0.15, 0.2) is 40.6 Å². The van der Waals surface area contributed by atoms with Gasteiger partial charge >= 0.3 is 0 Å². The Morgan fingerprint density at radius 1 is 1.26 bits per heavy atom. The molecule has 0 bridgehead atoms. The summed E-state index contributed by atoms with van der Waals surface area (Å²) in [4.78, 5) is 0.355. The molecule has 0 radical (unpaired) electrons. The minimum absolute atomic E-state index is 0.120. The molecule has 2 N–H and O–H groups in total. The van der Waals surface area contributed by atoms with E-state index in [2.05, 4.69) is 0 Å². The van der Waals surface area contributed by atoms with Crippen molar-refractivity contribution in [2.75, 3.05) is 17.1 Å². The van der Waals surface area contributed by atoms with Crippen LogP contribution in [0.2, 0.25) is 0 Å². The first-order valence-corrected chi connectivity index (χ1v) is 7.56. The predicted molar refractivity (Wildman–Crippen MR) is 75.5 cm³/mol. The van der Waals surface area contributed by atoms with Gasteiger partial charge in [-0.1, -0.05) is 12.1 Å². The van der Waals surface area contributed by atoms with E-state index < -0.39 is 10.0 Å². The van der Waals surface area contributed by atoms with Gasteiger partial charge in [0.05, 0.1) is 11.4 Å². The molecule has 0 saturated heterocycles. The fraction of sp³-hybridized carbons (Fsp3) is 0.0833. The number of nitrogens with two attached hydrogens (primary N) is 1. The lowest BCUT2D eigenvalue weighted by Gasteiger charge is -2.19. The van der Waals surface area contributed by atoms with Crippen molar-refractivity contribution in [3.8, 4) is 6.07 Å². The van der Waals surface area contributed by atoms with Crippen molar-refractivity contribution in [2.24, 2.45) is 0 Å². The molecule has 0 saturated carbocycles. The summed E-state index contributed by atoms with van der Waals surface area (Å²) in [6, 6.07) is 11.5. The van der Waals surface area contributed by atoms with Crippen molar-refractivity contribution in [1.29, 1.82) is 5.26 Å². The highest BCUT2D eigenvalue weighted by atomic mass is 32.2. The van der Waals surface area contributed by atoms with Gasteiger partial charge in [-0.3, -0.25) is 4.31 Å². The molecule has 0 unspecified atom stereocenters. The van der Waals surface area contributed by atoms with Crippen molar-refractivity contribution in [3.05, 3.63) is 41.3 Å². The first-order valence-electron chi connectivity index (χ1n) is 5.30. The van der Waals surface area contributed by atoms with Gasteiger partial charge in [-0.25, -0.2) is 8.42 Å². The van der Waals surface area contributed by atoms with Gasteiger partial charge in [0.25, 0.3) is 10.0 Å². The van der Waals surface area contributed by atoms with E-state index in [0.29, 0.717) is 16.3 Å². The van der Waals surface area contributed by atoms with E-state index in [1.54, 1.807) is 24.3 Å². The maximum Gasteiger partial charge on any atom is 0.273 e. The summed E-state index contributed by atoms with van der Waals surface area (Å²) in [5.74, 6) is 0. The van der Waals surface area contributed by atoms with Crippen molar-refractivity contribution in [2.45, 2.75) is 4.21 Å². The van der Waals surface area contributed by atoms with Crippen LogP contribution in [0.25, 0.3) is 0 Å². The minimum Gasteiger partial charge on any atom is -0.397 e. The monoisotopic (exact) mass is 293 g/mol. The van der Waals surface area contributed by atoms with Gasteiger partial charge in [0, 0.05) is 7.05 Å². The Labute approximate surface area is 115 Å². The number of nitriles is 1. The SMILES string of the molecule is CN(c1ccccc1N)S(=O)(=O)c1ccc(C#N)s1. The van der Waals surface area contributed by atoms with E-state index in [-0.39, 0.29) is 4.21 Å². The Morgan fingerprint density at radius 3 is 2.53 bits per heavy atom. The molecule has 0 aliphatic heterocycles. The molecular weight excluding hydrogens is 282 g/mol. The van der Waals surface area contributed by atoms with E-state index in [4.69, 9.17) is 11.0 Å². The number of hydrogen-bond acceptors (Lipinski definition) is 5. The van der Waals surface area contributed by atoms with Gasteiger partial charge in [0.1, 0.15) is 15.2 Å². The Kier molecular flexibility index (Phi) is 3.46. The van der Waals surface area contributed by atoms with Gasteiger partial charge in [-0.05, 0) is 24.3 Å². The Bertz CT molecular complexity index is 744. The molecule has 5 nitrogen and oxygen atoms in total. The number of hydrogen-bond donors (Lipinski definition) is 1. The van der Waals surface area contributed by atoms with Gasteiger partial charge in [-0.15, -0.1) is 11.3 Å². The molecule has 0 amide bonds. The zero-order valence-electron chi connectivity index (χ0n) is 10.1. The Hall–Kier alpha value is -2.04. The molecule has 7 heteroatoms. The van der Waals surface area contributed by atoms with E-state index in [9.17, 15) is 8.42 Å². The first-order chi connectivity index (χ1) is 8.96. The normalized spacial score (nSPS) is 10.9. The Morgan fingerprint density at radius 2 is 1.95 bits per heavy atom. The molecule has 98 valence electrons. The third-order valence-electron chi connectivity index (χ3n) is 2.58. The molecule has 0 aliphatic rings. The van der Waals surface area contributed by atoms with Gasteiger partial charge in [0.2, 0.25) is 0 Å². The first kappa shape index (κ1) is 13.4. The summed E-state index contributed by atoms with van der Waals surface area (Å²) >= 11 is 0.937. The van der Waals surface area contributed by atoms with Crippen molar-refractivity contribution in [1.82, 2.24) is 0 Å². The quantitative estimate of drug-likeness (QED) is 0.877. The zero-order chi connectivity index (χ0) is 14.0. The molecule has 0 spiro atoms. The molecule has 0 atom stereocenters. The second kappa shape index (κ2) is 4.91. The lowest BCUT2D eigenvalue weighted by molar-refractivity contribution is 0.596. The summed E-state index contributed by atoms with van der Waals surface area (Å²) in [5, 5.41) is 8.75. The predicted octanol–water partition coefficient (Wildman–Crippen LogP) is 2.03. The summed E-state index contributed by atoms with van der Waals surface area (Å²) in [7, 11) is -2.25. The van der Waals surface area contributed by atoms with Crippen LogP contribution < -0.4 is 10.0 Å². The summed E-state index contributed by atoms with van der Waals surface area (Å²) < 4.78 is 26.0. The summed E-state index contributed by atoms with van der Waals surface area (Å²) in [6.45, 7) is 0. The van der Waals surface area contributed by atoms with Crippen LogP contribution in [0, 0.1) is 11.3 Å². The maximum atomic E-state index is 12.4. The van der Waals surface area contributed by atoms with Crippen molar-refractivity contribution >= 4 is 32.7 Å². The van der Waals surface area contributed by atoms with Crippen LogP contribution in [-0.2, 0) is 10.0 Å². The number of thiophene rings is 1. The third-order valence-corrected chi connectivity index (χ3v) is 5.81. The number of para-hydroxylation sites is 2. The number of benzene rings is 1. The number of rotatable bonds is 3. The maximum absolute atomic E-state index is 12.4. The molecule has 2 rings (SSSR count).